The SMILES string of the molecule is [N-]=[N+]=NCCCCC(=O)Oc1ccc(CO)cc1. The van der Waals surface area contributed by atoms with Gasteiger partial charge in [-0.2, -0.15) is 0 Å². The normalized spacial score (nSPS) is 9.61. The van der Waals surface area contributed by atoms with Crippen molar-refractivity contribution in [3.8, 4) is 5.75 Å². The second-order valence-electron chi connectivity index (χ2n) is 3.69. The van der Waals surface area contributed by atoms with Crippen LogP contribution in [0.25, 0.3) is 10.4 Å². The van der Waals surface area contributed by atoms with Crippen LogP contribution < -0.4 is 4.74 Å². The Balaban J connectivity index is 2.28. The van der Waals surface area contributed by atoms with E-state index in [1.165, 1.54) is 0 Å². The van der Waals surface area contributed by atoms with Gasteiger partial charge in [0, 0.05) is 17.9 Å². The predicted molar refractivity (Wildman–Crippen MR) is 65.9 cm³/mol. The Morgan fingerprint density at radius 3 is 2.67 bits per heavy atom. The average Bonchev–Trinajstić information content (AvgIpc) is 2.39. The van der Waals surface area contributed by atoms with Gasteiger partial charge in [-0.25, -0.2) is 0 Å². The van der Waals surface area contributed by atoms with E-state index in [0.717, 1.165) is 5.56 Å². The lowest BCUT2D eigenvalue weighted by atomic mass is 10.2. The summed E-state index contributed by atoms with van der Waals surface area (Å²) in [6.45, 7) is 0.364. The number of nitrogens with zero attached hydrogens (tertiary/aromatic N) is 3. The number of unbranched alkanes of at least 4 members (excludes halogenated alkanes) is 1. The molecular weight excluding hydrogens is 234 g/mol. The van der Waals surface area contributed by atoms with Gasteiger partial charge in [-0.05, 0) is 36.1 Å². The minimum atomic E-state index is -0.312. The van der Waals surface area contributed by atoms with Gasteiger partial charge in [-0.3, -0.25) is 4.79 Å². The Bertz CT molecular complexity index is 425. The number of aliphatic hydroxyl groups is 1. The maximum absolute atomic E-state index is 11.4. The van der Waals surface area contributed by atoms with Crippen molar-refractivity contribution in [1.29, 1.82) is 0 Å². The zero-order valence-corrected chi connectivity index (χ0v) is 9.95. The Kier molecular flexibility index (Phi) is 6.32. The predicted octanol–water partition coefficient (Wildman–Crippen LogP) is 2.56. The molecule has 0 saturated carbocycles. The minimum absolute atomic E-state index is 0.0341. The van der Waals surface area contributed by atoms with Crippen molar-refractivity contribution >= 4 is 5.97 Å². The highest BCUT2D eigenvalue weighted by molar-refractivity contribution is 5.72. The van der Waals surface area contributed by atoms with E-state index in [2.05, 4.69) is 10.0 Å². The second kappa shape index (κ2) is 8.11. The molecule has 6 nitrogen and oxygen atoms in total. The molecule has 96 valence electrons. The zero-order chi connectivity index (χ0) is 13.2. The van der Waals surface area contributed by atoms with Crippen molar-refractivity contribution < 1.29 is 14.6 Å². The standard InChI is InChI=1S/C12H15N3O3/c13-15-14-8-2-1-3-12(17)18-11-6-4-10(9-16)5-7-11/h4-7,16H,1-3,8-9H2. The highest BCUT2D eigenvalue weighted by atomic mass is 16.5. The van der Waals surface area contributed by atoms with E-state index in [0.29, 0.717) is 31.6 Å². The molecule has 0 spiro atoms. The zero-order valence-electron chi connectivity index (χ0n) is 9.95. The summed E-state index contributed by atoms with van der Waals surface area (Å²) < 4.78 is 5.10. The molecule has 1 aromatic rings. The van der Waals surface area contributed by atoms with Crippen molar-refractivity contribution in [3.05, 3.63) is 40.3 Å². The molecule has 1 rings (SSSR count). The molecule has 0 aliphatic rings. The number of hydrogen-bond acceptors (Lipinski definition) is 4. The van der Waals surface area contributed by atoms with Gasteiger partial charge in [0.2, 0.25) is 0 Å². The maximum Gasteiger partial charge on any atom is 0.311 e. The van der Waals surface area contributed by atoms with E-state index in [1.807, 2.05) is 0 Å². The summed E-state index contributed by atoms with van der Waals surface area (Å²) in [6, 6.07) is 6.68. The lowest BCUT2D eigenvalue weighted by Crippen LogP contribution is -2.07. The largest absolute Gasteiger partial charge is 0.427 e. The molecule has 0 radical (unpaired) electrons. The molecule has 0 aliphatic heterocycles. The molecule has 0 bridgehead atoms. The first-order valence-electron chi connectivity index (χ1n) is 5.67. The summed E-state index contributed by atoms with van der Waals surface area (Å²) >= 11 is 0. The summed E-state index contributed by atoms with van der Waals surface area (Å²) in [5.74, 6) is 0.153. The molecule has 0 saturated heterocycles. The van der Waals surface area contributed by atoms with Crippen molar-refractivity contribution in [2.24, 2.45) is 5.11 Å². The summed E-state index contributed by atoms with van der Waals surface area (Å²) in [7, 11) is 0. The number of esters is 1. The summed E-state index contributed by atoms with van der Waals surface area (Å²) in [5.41, 5.74) is 8.83. The monoisotopic (exact) mass is 249 g/mol. The van der Waals surface area contributed by atoms with Gasteiger partial charge in [-0.15, -0.1) is 0 Å². The van der Waals surface area contributed by atoms with E-state index < -0.39 is 0 Å². The van der Waals surface area contributed by atoms with Gasteiger partial charge in [-0.1, -0.05) is 17.2 Å². The fourth-order valence-corrected chi connectivity index (χ4v) is 1.34. The second-order valence-corrected chi connectivity index (χ2v) is 3.69. The van der Waals surface area contributed by atoms with Crippen LogP contribution in [0.2, 0.25) is 0 Å². The lowest BCUT2D eigenvalue weighted by molar-refractivity contribution is -0.134. The quantitative estimate of drug-likeness (QED) is 0.201. The number of rotatable bonds is 7. The minimum Gasteiger partial charge on any atom is -0.427 e. The van der Waals surface area contributed by atoms with Crippen LogP contribution >= 0.6 is 0 Å². The van der Waals surface area contributed by atoms with E-state index in [-0.39, 0.29) is 12.6 Å². The van der Waals surface area contributed by atoms with Gasteiger partial charge in [0.05, 0.1) is 6.61 Å². The van der Waals surface area contributed by atoms with E-state index in [1.54, 1.807) is 24.3 Å². The molecule has 0 atom stereocenters. The Morgan fingerprint density at radius 2 is 2.06 bits per heavy atom. The third-order valence-electron chi connectivity index (χ3n) is 2.29. The van der Waals surface area contributed by atoms with E-state index in [4.69, 9.17) is 15.4 Å². The highest BCUT2D eigenvalue weighted by Gasteiger charge is 2.04. The van der Waals surface area contributed by atoms with E-state index >= 15 is 0 Å². The van der Waals surface area contributed by atoms with Crippen molar-refractivity contribution in [1.82, 2.24) is 0 Å². The average molecular weight is 249 g/mol. The van der Waals surface area contributed by atoms with Crippen molar-refractivity contribution in [2.75, 3.05) is 6.54 Å². The highest BCUT2D eigenvalue weighted by Crippen LogP contribution is 2.13. The molecule has 0 aliphatic carbocycles. The number of carbonyl (C=O) groups excluding carboxylic acids is 1. The molecule has 0 unspecified atom stereocenters. The van der Waals surface area contributed by atoms with Crippen LogP contribution in [0.5, 0.6) is 5.75 Å². The third-order valence-corrected chi connectivity index (χ3v) is 2.29. The fourth-order valence-electron chi connectivity index (χ4n) is 1.34. The van der Waals surface area contributed by atoms with Crippen LogP contribution in [-0.2, 0) is 11.4 Å². The number of ether oxygens (including phenoxy) is 1. The molecule has 0 amide bonds. The molecule has 18 heavy (non-hydrogen) atoms. The van der Waals surface area contributed by atoms with E-state index in [9.17, 15) is 4.79 Å². The molecule has 0 heterocycles. The van der Waals surface area contributed by atoms with Crippen molar-refractivity contribution in [3.63, 3.8) is 0 Å². The van der Waals surface area contributed by atoms with Gasteiger partial charge < -0.3 is 9.84 Å². The first-order valence-corrected chi connectivity index (χ1v) is 5.67. The Morgan fingerprint density at radius 1 is 1.33 bits per heavy atom. The number of aliphatic hydroxyl groups excluding tert-OH is 1. The fraction of sp³-hybridized carbons (Fsp3) is 0.417. The van der Waals surface area contributed by atoms with Crippen LogP contribution in [0.1, 0.15) is 24.8 Å². The summed E-state index contributed by atoms with van der Waals surface area (Å²) in [6.07, 6.45) is 1.60. The maximum atomic E-state index is 11.4. The molecule has 0 aromatic heterocycles. The van der Waals surface area contributed by atoms with Crippen LogP contribution in [0.3, 0.4) is 0 Å². The van der Waals surface area contributed by atoms with Gasteiger partial charge >= 0.3 is 5.97 Å². The number of benzene rings is 1. The van der Waals surface area contributed by atoms with Gasteiger partial charge in [0.1, 0.15) is 5.75 Å². The summed E-state index contributed by atoms with van der Waals surface area (Å²) in [5, 5.41) is 12.2. The molecule has 0 fully saturated rings. The Hall–Kier alpha value is -2.04. The Labute approximate surface area is 105 Å². The molecular formula is C12H15N3O3. The first-order chi connectivity index (χ1) is 8.76. The van der Waals surface area contributed by atoms with Gasteiger partial charge in [0.25, 0.3) is 0 Å². The smallest absolute Gasteiger partial charge is 0.311 e. The summed E-state index contributed by atoms with van der Waals surface area (Å²) in [4.78, 5) is 14.0. The third kappa shape index (κ3) is 5.34. The van der Waals surface area contributed by atoms with Crippen LogP contribution in [-0.4, -0.2) is 17.6 Å². The first kappa shape index (κ1) is 14.0. The van der Waals surface area contributed by atoms with Crippen LogP contribution in [0, 0.1) is 0 Å². The molecule has 1 N–H and O–H groups in total. The van der Waals surface area contributed by atoms with Gasteiger partial charge in [0.15, 0.2) is 0 Å². The number of carbonyl (C=O) groups is 1. The molecule has 1 aromatic carbocycles. The lowest BCUT2D eigenvalue weighted by Gasteiger charge is -2.04. The topological polar surface area (TPSA) is 95.3 Å². The van der Waals surface area contributed by atoms with Crippen LogP contribution in [0.4, 0.5) is 0 Å². The van der Waals surface area contributed by atoms with Crippen LogP contribution in [0.15, 0.2) is 29.4 Å². The molecule has 6 heteroatoms. The number of azide groups is 1. The number of hydrogen-bond donors (Lipinski definition) is 1. The van der Waals surface area contributed by atoms with Crippen molar-refractivity contribution in [2.45, 2.75) is 25.9 Å².